The molecule has 0 spiro atoms. The summed E-state index contributed by atoms with van der Waals surface area (Å²) in [5.74, 6) is -0.169. The van der Waals surface area contributed by atoms with Crippen LogP contribution in [0.2, 0.25) is 0 Å². The minimum Gasteiger partial charge on any atom is -0.320 e. The minimum absolute atomic E-state index is 0.169. The predicted molar refractivity (Wildman–Crippen MR) is 105 cm³/mol. The molecule has 0 saturated heterocycles. The van der Waals surface area contributed by atoms with E-state index >= 15 is 0 Å². The molecule has 7 heteroatoms. The molecule has 0 aliphatic carbocycles. The highest BCUT2D eigenvalue weighted by Crippen LogP contribution is 2.27. The molecule has 4 heterocycles. The van der Waals surface area contributed by atoms with Crippen LogP contribution in [0.25, 0.3) is 27.7 Å². The van der Waals surface area contributed by atoms with Gasteiger partial charge in [0.15, 0.2) is 5.65 Å². The van der Waals surface area contributed by atoms with Crippen molar-refractivity contribution in [3.8, 4) is 6.07 Å². The average molecular weight is 369 g/mol. The van der Waals surface area contributed by atoms with Crippen molar-refractivity contribution in [2.24, 2.45) is 0 Å². The molecule has 0 saturated carbocycles. The van der Waals surface area contributed by atoms with Gasteiger partial charge in [-0.05, 0) is 35.7 Å². The fourth-order valence-electron chi connectivity index (χ4n) is 3.11. The summed E-state index contributed by atoms with van der Waals surface area (Å²) in [7, 11) is 0. The molecule has 6 nitrogen and oxygen atoms in total. The van der Waals surface area contributed by atoms with Gasteiger partial charge in [-0.3, -0.25) is 9.20 Å². The van der Waals surface area contributed by atoms with E-state index in [1.807, 2.05) is 35.7 Å². The fourth-order valence-corrected chi connectivity index (χ4v) is 3.73. The standard InChI is InChI=1S/C20H11N5OS/c21-10-13-16-8-7-12(22-20(26)17-6-3-9-27-17)11-25(16)19-18(13)23-14-4-1-2-5-15(14)24-19/h1-9,11H,(H,22,26). The fraction of sp³-hybridized carbons (Fsp3) is 0. The minimum atomic E-state index is -0.169. The summed E-state index contributed by atoms with van der Waals surface area (Å²) in [4.78, 5) is 22.3. The summed E-state index contributed by atoms with van der Waals surface area (Å²) in [5.41, 5.74) is 4.43. The first-order valence-electron chi connectivity index (χ1n) is 8.20. The van der Waals surface area contributed by atoms with Gasteiger partial charge in [0.1, 0.15) is 17.1 Å². The molecule has 0 aliphatic rings. The molecule has 128 valence electrons. The first kappa shape index (κ1) is 15.5. The second-order valence-electron chi connectivity index (χ2n) is 5.98. The van der Waals surface area contributed by atoms with Crippen molar-refractivity contribution in [3.63, 3.8) is 0 Å². The van der Waals surface area contributed by atoms with Gasteiger partial charge >= 0.3 is 0 Å². The summed E-state index contributed by atoms with van der Waals surface area (Å²) in [6.45, 7) is 0. The Morgan fingerprint density at radius 3 is 2.63 bits per heavy atom. The molecular weight excluding hydrogens is 358 g/mol. The van der Waals surface area contributed by atoms with Gasteiger partial charge in [-0.2, -0.15) is 5.26 Å². The largest absolute Gasteiger partial charge is 0.320 e. The molecule has 4 aromatic heterocycles. The van der Waals surface area contributed by atoms with E-state index < -0.39 is 0 Å². The summed E-state index contributed by atoms with van der Waals surface area (Å²) in [6, 6.07) is 17.0. The Labute approximate surface area is 157 Å². The van der Waals surface area contributed by atoms with Crippen LogP contribution in [-0.2, 0) is 0 Å². The van der Waals surface area contributed by atoms with Gasteiger partial charge in [0.05, 0.1) is 27.1 Å². The molecule has 1 aromatic carbocycles. The maximum atomic E-state index is 12.3. The highest BCUT2D eigenvalue weighted by Gasteiger charge is 2.16. The van der Waals surface area contributed by atoms with Gasteiger partial charge in [0, 0.05) is 6.20 Å². The van der Waals surface area contributed by atoms with Crippen LogP contribution in [-0.4, -0.2) is 20.3 Å². The van der Waals surface area contributed by atoms with Crippen LogP contribution in [0.4, 0.5) is 5.69 Å². The predicted octanol–water partition coefficient (Wildman–Crippen LogP) is 4.22. The van der Waals surface area contributed by atoms with Crippen molar-refractivity contribution in [2.45, 2.75) is 0 Å². The Balaban J connectivity index is 1.71. The number of pyridine rings is 1. The molecular formula is C20H11N5OS. The second kappa shape index (κ2) is 5.90. The zero-order valence-electron chi connectivity index (χ0n) is 13.9. The Kier molecular flexibility index (Phi) is 3.38. The van der Waals surface area contributed by atoms with Crippen molar-refractivity contribution in [3.05, 3.63) is 70.5 Å². The Morgan fingerprint density at radius 2 is 1.89 bits per heavy atom. The van der Waals surface area contributed by atoms with Crippen molar-refractivity contribution in [2.75, 3.05) is 5.32 Å². The van der Waals surface area contributed by atoms with Crippen LogP contribution in [0.15, 0.2) is 60.1 Å². The number of nitrogens with zero attached hydrogens (tertiary/aromatic N) is 4. The number of amides is 1. The Hall–Kier alpha value is -3.76. The number of anilines is 1. The first-order chi connectivity index (χ1) is 13.2. The molecule has 0 aliphatic heterocycles. The number of carbonyl (C=O) groups is 1. The molecule has 0 atom stereocenters. The molecule has 0 radical (unpaired) electrons. The van der Waals surface area contributed by atoms with Gasteiger partial charge in [0.25, 0.3) is 5.91 Å². The van der Waals surface area contributed by atoms with Gasteiger partial charge in [-0.15, -0.1) is 11.3 Å². The maximum Gasteiger partial charge on any atom is 0.265 e. The number of carbonyl (C=O) groups excluding carboxylic acids is 1. The molecule has 0 fully saturated rings. The van der Waals surface area contributed by atoms with E-state index in [4.69, 9.17) is 0 Å². The number of thiophene rings is 1. The monoisotopic (exact) mass is 369 g/mol. The molecule has 27 heavy (non-hydrogen) atoms. The third-order valence-corrected chi connectivity index (χ3v) is 5.21. The third kappa shape index (κ3) is 2.43. The van der Waals surface area contributed by atoms with Crippen molar-refractivity contribution >= 4 is 50.6 Å². The van der Waals surface area contributed by atoms with Gasteiger partial charge in [-0.1, -0.05) is 18.2 Å². The van der Waals surface area contributed by atoms with E-state index in [1.165, 1.54) is 11.3 Å². The third-order valence-electron chi connectivity index (χ3n) is 4.34. The van der Waals surface area contributed by atoms with E-state index in [-0.39, 0.29) is 5.91 Å². The summed E-state index contributed by atoms with van der Waals surface area (Å²) in [5, 5.41) is 14.4. The number of fused-ring (bicyclic) bond motifs is 4. The lowest BCUT2D eigenvalue weighted by molar-refractivity contribution is 0.103. The van der Waals surface area contributed by atoms with Crippen LogP contribution in [0, 0.1) is 11.3 Å². The van der Waals surface area contributed by atoms with Gasteiger partial charge < -0.3 is 5.32 Å². The summed E-state index contributed by atoms with van der Waals surface area (Å²) < 4.78 is 1.80. The first-order valence-corrected chi connectivity index (χ1v) is 9.08. The van der Waals surface area contributed by atoms with Gasteiger partial charge in [0.2, 0.25) is 0 Å². The summed E-state index contributed by atoms with van der Waals surface area (Å²) >= 11 is 1.38. The number of hydrogen-bond acceptors (Lipinski definition) is 5. The zero-order chi connectivity index (χ0) is 18.4. The van der Waals surface area contributed by atoms with Crippen LogP contribution in [0.1, 0.15) is 15.2 Å². The van der Waals surface area contributed by atoms with Crippen molar-refractivity contribution in [1.82, 2.24) is 14.4 Å². The van der Waals surface area contributed by atoms with E-state index in [0.717, 1.165) is 11.0 Å². The zero-order valence-corrected chi connectivity index (χ0v) is 14.7. The van der Waals surface area contributed by atoms with Crippen LogP contribution in [0.3, 0.4) is 0 Å². The normalized spacial score (nSPS) is 11.1. The van der Waals surface area contributed by atoms with Crippen molar-refractivity contribution < 1.29 is 4.79 Å². The smallest absolute Gasteiger partial charge is 0.265 e. The number of aromatic nitrogens is 3. The van der Waals surface area contributed by atoms with Gasteiger partial charge in [-0.25, -0.2) is 9.97 Å². The number of nitriles is 1. The van der Waals surface area contributed by atoms with Crippen molar-refractivity contribution in [1.29, 1.82) is 5.26 Å². The van der Waals surface area contributed by atoms with Crippen LogP contribution < -0.4 is 5.32 Å². The number of nitrogens with one attached hydrogen (secondary N) is 1. The highest BCUT2D eigenvalue weighted by molar-refractivity contribution is 7.12. The second-order valence-corrected chi connectivity index (χ2v) is 6.92. The number of benzene rings is 1. The molecule has 0 unspecified atom stereocenters. The lowest BCUT2D eigenvalue weighted by Crippen LogP contribution is -2.10. The number of rotatable bonds is 2. The lowest BCUT2D eigenvalue weighted by atomic mass is 10.2. The number of hydrogen-bond donors (Lipinski definition) is 1. The molecule has 1 amide bonds. The summed E-state index contributed by atoms with van der Waals surface area (Å²) in [6.07, 6.45) is 1.77. The highest BCUT2D eigenvalue weighted by atomic mass is 32.1. The lowest BCUT2D eigenvalue weighted by Gasteiger charge is -2.05. The molecule has 1 N–H and O–H groups in total. The SMILES string of the molecule is N#Cc1c2nc3ccccc3nc2n2cc(NC(=O)c3cccs3)ccc12. The average Bonchev–Trinajstić information content (AvgIpc) is 3.32. The molecule has 5 aromatic rings. The van der Waals surface area contributed by atoms with E-state index in [1.54, 1.807) is 28.8 Å². The topological polar surface area (TPSA) is 83.1 Å². The quantitative estimate of drug-likeness (QED) is 0.505. The van der Waals surface area contributed by atoms with Crippen LogP contribution in [0.5, 0.6) is 0 Å². The Bertz CT molecular complexity index is 1380. The molecule has 0 bridgehead atoms. The number of para-hydroxylation sites is 2. The molecule has 5 rings (SSSR count). The van der Waals surface area contributed by atoms with Crippen LogP contribution >= 0.6 is 11.3 Å². The van der Waals surface area contributed by atoms with E-state index in [2.05, 4.69) is 21.4 Å². The van der Waals surface area contributed by atoms with E-state index in [0.29, 0.717) is 32.8 Å². The Morgan fingerprint density at radius 1 is 1.07 bits per heavy atom. The van der Waals surface area contributed by atoms with E-state index in [9.17, 15) is 10.1 Å². The maximum absolute atomic E-state index is 12.3.